The zero-order valence-electron chi connectivity index (χ0n) is 9.04. The van der Waals surface area contributed by atoms with Gasteiger partial charge in [-0.15, -0.1) is 11.3 Å². The van der Waals surface area contributed by atoms with Gasteiger partial charge >= 0.3 is 0 Å². The standard InChI is InChI=1S/C12H8BrCl2NOS/c13-10-5-7(14)1-3-9(10)12(17)16-6-8-2-4-11(15)18-8/h1-5H,6H2,(H,16,17). The van der Waals surface area contributed by atoms with Gasteiger partial charge in [-0.2, -0.15) is 0 Å². The Kier molecular flexibility index (Phi) is 4.67. The Morgan fingerprint density at radius 3 is 2.67 bits per heavy atom. The van der Waals surface area contributed by atoms with Crippen molar-refractivity contribution in [1.29, 1.82) is 0 Å². The third-order valence-electron chi connectivity index (χ3n) is 2.23. The van der Waals surface area contributed by atoms with Gasteiger partial charge in [0.1, 0.15) is 0 Å². The van der Waals surface area contributed by atoms with Crippen LogP contribution in [0, 0.1) is 0 Å². The van der Waals surface area contributed by atoms with Crippen molar-refractivity contribution in [3.8, 4) is 0 Å². The van der Waals surface area contributed by atoms with Crippen molar-refractivity contribution in [2.45, 2.75) is 6.54 Å². The monoisotopic (exact) mass is 363 g/mol. The maximum atomic E-state index is 11.9. The summed E-state index contributed by atoms with van der Waals surface area (Å²) in [4.78, 5) is 13.0. The molecule has 0 aliphatic carbocycles. The van der Waals surface area contributed by atoms with Gasteiger partial charge in [-0.3, -0.25) is 4.79 Å². The molecule has 1 N–H and O–H groups in total. The molecule has 18 heavy (non-hydrogen) atoms. The van der Waals surface area contributed by atoms with Crippen LogP contribution in [0.25, 0.3) is 0 Å². The van der Waals surface area contributed by atoms with E-state index in [0.29, 0.717) is 25.9 Å². The van der Waals surface area contributed by atoms with Crippen LogP contribution in [-0.2, 0) is 6.54 Å². The van der Waals surface area contributed by atoms with Crippen molar-refractivity contribution in [2.24, 2.45) is 0 Å². The van der Waals surface area contributed by atoms with E-state index in [-0.39, 0.29) is 5.91 Å². The van der Waals surface area contributed by atoms with Crippen LogP contribution in [-0.4, -0.2) is 5.91 Å². The highest BCUT2D eigenvalue weighted by Crippen LogP contribution is 2.23. The van der Waals surface area contributed by atoms with Crippen LogP contribution in [0.5, 0.6) is 0 Å². The number of nitrogens with one attached hydrogen (secondary N) is 1. The molecule has 0 bridgehead atoms. The Labute approximate surface area is 127 Å². The summed E-state index contributed by atoms with van der Waals surface area (Å²) in [6.45, 7) is 0.464. The van der Waals surface area contributed by atoms with Gasteiger partial charge in [0, 0.05) is 14.4 Å². The van der Waals surface area contributed by atoms with Crippen LogP contribution in [0.2, 0.25) is 9.36 Å². The summed E-state index contributed by atoms with van der Waals surface area (Å²) in [5.74, 6) is -0.150. The van der Waals surface area contributed by atoms with Crippen LogP contribution in [0.4, 0.5) is 0 Å². The number of rotatable bonds is 3. The first kappa shape index (κ1) is 13.9. The van der Waals surface area contributed by atoms with Crippen molar-refractivity contribution in [3.05, 3.63) is 54.6 Å². The molecule has 1 heterocycles. The molecule has 2 rings (SSSR count). The second kappa shape index (κ2) is 6.06. The Bertz CT molecular complexity index is 585. The number of thiophene rings is 1. The number of carbonyl (C=O) groups is 1. The molecule has 0 spiro atoms. The fourth-order valence-corrected chi connectivity index (χ4v) is 3.27. The predicted molar refractivity (Wildman–Crippen MR) is 79.7 cm³/mol. The molecule has 94 valence electrons. The molecule has 0 unspecified atom stereocenters. The van der Waals surface area contributed by atoms with E-state index < -0.39 is 0 Å². The lowest BCUT2D eigenvalue weighted by molar-refractivity contribution is 0.0950. The third-order valence-corrected chi connectivity index (χ3v) is 4.35. The van der Waals surface area contributed by atoms with Crippen molar-refractivity contribution in [1.82, 2.24) is 5.32 Å². The summed E-state index contributed by atoms with van der Waals surface area (Å²) in [6.07, 6.45) is 0. The topological polar surface area (TPSA) is 29.1 Å². The van der Waals surface area contributed by atoms with Gasteiger partial charge in [-0.05, 0) is 46.3 Å². The van der Waals surface area contributed by atoms with E-state index in [1.54, 1.807) is 18.2 Å². The Morgan fingerprint density at radius 2 is 2.06 bits per heavy atom. The minimum atomic E-state index is -0.150. The molecule has 2 nitrogen and oxygen atoms in total. The fraction of sp³-hybridized carbons (Fsp3) is 0.0833. The first-order chi connectivity index (χ1) is 8.56. The lowest BCUT2D eigenvalue weighted by atomic mass is 10.2. The lowest BCUT2D eigenvalue weighted by Crippen LogP contribution is -2.22. The van der Waals surface area contributed by atoms with Gasteiger partial charge in [-0.1, -0.05) is 23.2 Å². The highest BCUT2D eigenvalue weighted by molar-refractivity contribution is 9.10. The van der Waals surface area contributed by atoms with Gasteiger partial charge in [0.2, 0.25) is 0 Å². The number of benzene rings is 1. The van der Waals surface area contributed by atoms with E-state index in [4.69, 9.17) is 23.2 Å². The van der Waals surface area contributed by atoms with Gasteiger partial charge < -0.3 is 5.32 Å². The molecular formula is C12H8BrCl2NOS. The molecule has 0 aliphatic rings. The fourth-order valence-electron chi connectivity index (χ4n) is 1.38. The van der Waals surface area contributed by atoms with Gasteiger partial charge in [0.15, 0.2) is 0 Å². The molecule has 2 aromatic rings. The summed E-state index contributed by atoms with van der Waals surface area (Å²) < 4.78 is 1.39. The number of amides is 1. The van der Waals surface area contributed by atoms with E-state index in [1.165, 1.54) is 11.3 Å². The van der Waals surface area contributed by atoms with Crippen molar-refractivity contribution >= 4 is 56.4 Å². The SMILES string of the molecule is O=C(NCc1ccc(Cl)s1)c1ccc(Cl)cc1Br. The Hall–Kier alpha value is -0.550. The minimum absolute atomic E-state index is 0.150. The van der Waals surface area contributed by atoms with E-state index >= 15 is 0 Å². The first-order valence-electron chi connectivity index (χ1n) is 5.04. The van der Waals surface area contributed by atoms with Crippen molar-refractivity contribution in [2.75, 3.05) is 0 Å². The normalized spacial score (nSPS) is 10.4. The second-order valence-corrected chi connectivity index (χ2v) is 6.60. The van der Waals surface area contributed by atoms with Crippen LogP contribution in [0.15, 0.2) is 34.8 Å². The van der Waals surface area contributed by atoms with E-state index in [0.717, 1.165) is 4.88 Å². The zero-order chi connectivity index (χ0) is 13.1. The van der Waals surface area contributed by atoms with Crippen LogP contribution in [0.1, 0.15) is 15.2 Å². The molecule has 0 atom stereocenters. The quantitative estimate of drug-likeness (QED) is 0.836. The maximum Gasteiger partial charge on any atom is 0.252 e. The summed E-state index contributed by atoms with van der Waals surface area (Å²) in [5, 5.41) is 3.42. The molecule has 1 aromatic heterocycles. The highest BCUT2D eigenvalue weighted by atomic mass is 79.9. The Morgan fingerprint density at radius 1 is 1.28 bits per heavy atom. The number of hydrogen-bond donors (Lipinski definition) is 1. The number of halogens is 3. The average molecular weight is 365 g/mol. The Balaban J connectivity index is 2.03. The van der Waals surface area contributed by atoms with Crippen molar-refractivity contribution in [3.63, 3.8) is 0 Å². The first-order valence-corrected chi connectivity index (χ1v) is 7.40. The number of carbonyl (C=O) groups excluding carboxylic acids is 1. The average Bonchev–Trinajstić information content (AvgIpc) is 2.72. The molecule has 0 radical (unpaired) electrons. The summed E-state index contributed by atoms with van der Waals surface area (Å²) in [5.41, 5.74) is 0.557. The van der Waals surface area contributed by atoms with E-state index in [2.05, 4.69) is 21.2 Å². The molecule has 0 saturated heterocycles. The largest absolute Gasteiger partial charge is 0.347 e. The second-order valence-electron chi connectivity index (χ2n) is 3.51. The van der Waals surface area contributed by atoms with Crippen LogP contribution >= 0.6 is 50.5 Å². The third kappa shape index (κ3) is 3.48. The van der Waals surface area contributed by atoms with Gasteiger partial charge in [-0.25, -0.2) is 0 Å². The summed E-state index contributed by atoms with van der Waals surface area (Å²) in [7, 11) is 0. The highest BCUT2D eigenvalue weighted by Gasteiger charge is 2.10. The maximum absolute atomic E-state index is 11.9. The minimum Gasteiger partial charge on any atom is -0.347 e. The van der Waals surface area contributed by atoms with E-state index in [1.807, 2.05) is 12.1 Å². The predicted octanol–water partition coefficient (Wildman–Crippen LogP) is 4.75. The molecule has 0 aliphatic heterocycles. The molecule has 6 heteroatoms. The van der Waals surface area contributed by atoms with Gasteiger partial charge in [0.05, 0.1) is 16.4 Å². The molecule has 1 aromatic carbocycles. The smallest absolute Gasteiger partial charge is 0.252 e. The summed E-state index contributed by atoms with van der Waals surface area (Å²) >= 11 is 16.4. The van der Waals surface area contributed by atoms with Crippen molar-refractivity contribution < 1.29 is 4.79 Å². The summed E-state index contributed by atoms with van der Waals surface area (Å²) in [6, 6.07) is 8.76. The molecule has 1 amide bonds. The van der Waals surface area contributed by atoms with Gasteiger partial charge in [0.25, 0.3) is 5.91 Å². The van der Waals surface area contributed by atoms with Crippen LogP contribution in [0.3, 0.4) is 0 Å². The molecule has 0 fully saturated rings. The van der Waals surface area contributed by atoms with Crippen LogP contribution < -0.4 is 5.32 Å². The number of hydrogen-bond acceptors (Lipinski definition) is 2. The zero-order valence-corrected chi connectivity index (χ0v) is 13.0. The molecular weight excluding hydrogens is 357 g/mol. The lowest BCUT2D eigenvalue weighted by Gasteiger charge is -2.06. The van der Waals surface area contributed by atoms with E-state index in [9.17, 15) is 4.79 Å². The molecule has 0 saturated carbocycles.